The molecule has 0 saturated carbocycles. The lowest BCUT2D eigenvalue weighted by Crippen LogP contribution is -2.31. The van der Waals surface area contributed by atoms with Crippen molar-refractivity contribution in [2.45, 2.75) is 32.2 Å². The maximum absolute atomic E-state index is 13.7. The maximum atomic E-state index is 13.7. The Hall–Kier alpha value is -3.34. The minimum Gasteiger partial charge on any atom is -0.492 e. The molecule has 36 heavy (non-hydrogen) atoms. The van der Waals surface area contributed by atoms with Gasteiger partial charge < -0.3 is 4.74 Å². The first kappa shape index (κ1) is 25.7. The van der Waals surface area contributed by atoms with Crippen LogP contribution in [-0.2, 0) is 16.6 Å². The summed E-state index contributed by atoms with van der Waals surface area (Å²) in [6.07, 6.45) is 1.68. The van der Waals surface area contributed by atoms with Crippen LogP contribution in [0.2, 0.25) is 0 Å². The number of hydrogen-bond acceptors (Lipinski definition) is 7. The monoisotopic (exact) mass is 524 g/mol. The molecule has 0 unspecified atom stereocenters. The van der Waals surface area contributed by atoms with Gasteiger partial charge in [0.1, 0.15) is 11.3 Å². The van der Waals surface area contributed by atoms with Gasteiger partial charge in [0, 0.05) is 24.8 Å². The smallest absolute Gasteiger partial charge is 0.260 e. The number of carbonyl (C=O) groups is 1. The molecule has 0 aliphatic carbocycles. The van der Waals surface area contributed by atoms with Gasteiger partial charge in [-0.2, -0.15) is 4.31 Å². The second-order valence-corrected chi connectivity index (χ2v) is 10.8. The number of fused-ring (bicyclic) bond motifs is 1. The van der Waals surface area contributed by atoms with Crippen molar-refractivity contribution in [3.8, 4) is 5.75 Å². The van der Waals surface area contributed by atoms with Gasteiger partial charge in [-0.3, -0.25) is 14.7 Å². The molecule has 0 saturated heterocycles. The lowest BCUT2D eigenvalue weighted by atomic mass is 10.2. The van der Waals surface area contributed by atoms with E-state index in [1.54, 1.807) is 37.1 Å². The Morgan fingerprint density at radius 1 is 0.972 bits per heavy atom. The fourth-order valence-corrected chi connectivity index (χ4v) is 6.26. The number of anilines is 1. The van der Waals surface area contributed by atoms with Crippen LogP contribution >= 0.6 is 11.3 Å². The zero-order valence-electron chi connectivity index (χ0n) is 20.4. The van der Waals surface area contributed by atoms with Crippen LogP contribution in [0.5, 0.6) is 5.75 Å². The molecule has 0 spiro atoms. The van der Waals surface area contributed by atoms with Gasteiger partial charge in [0.05, 0.1) is 28.4 Å². The Balaban J connectivity index is 1.72. The third-order valence-corrected chi connectivity index (χ3v) is 8.74. The van der Waals surface area contributed by atoms with Crippen molar-refractivity contribution in [1.29, 1.82) is 0 Å². The molecule has 2 aromatic carbocycles. The van der Waals surface area contributed by atoms with Crippen molar-refractivity contribution in [2.24, 2.45) is 0 Å². The van der Waals surface area contributed by atoms with Crippen LogP contribution in [-0.4, -0.2) is 48.3 Å². The van der Waals surface area contributed by atoms with Crippen molar-refractivity contribution in [3.05, 3.63) is 78.1 Å². The van der Waals surface area contributed by atoms with Crippen molar-refractivity contribution < 1.29 is 17.9 Å². The van der Waals surface area contributed by atoms with Gasteiger partial charge >= 0.3 is 0 Å². The zero-order valence-corrected chi connectivity index (χ0v) is 22.1. The number of thiazole rings is 1. The summed E-state index contributed by atoms with van der Waals surface area (Å²) < 4.78 is 33.7. The average Bonchev–Trinajstić information content (AvgIpc) is 3.33. The van der Waals surface area contributed by atoms with Crippen LogP contribution in [0.4, 0.5) is 5.13 Å². The van der Waals surface area contributed by atoms with E-state index in [0.29, 0.717) is 47.4 Å². The number of hydrogen-bond donors (Lipinski definition) is 0. The fraction of sp³-hybridized carbons (Fsp3) is 0.269. The number of sulfonamides is 1. The van der Waals surface area contributed by atoms with Crippen molar-refractivity contribution in [3.63, 3.8) is 0 Å². The number of carbonyl (C=O) groups excluding carboxylic acids is 1. The summed E-state index contributed by atoms with van der Waals surface area (Å²) in [5.41, 5.74) is 1.75. The minimum absolute atomic E-state index is 0.153. The number of pyridine rings is 1. The first-order valence-corrected chi connectivity index (χ1v) is 14.0. The van der Waals surface area contributed by atoms with E-state index in [-0.39, 0.29) is 17.3 Å². The largest absolute Gasteiger partial charge is 0.492 e. The summed E-state index contributed by atoms with van der Waals surface area (Å²) in [6.45, 7) is 6.96. The molecule has 0 atom stereocenters. The molecule has 1 amide bonds. The second-order valence-electron chi connectivity index (χ2n) is 7.86. The highest BCUT2D eigenvalue weighted by molar-refractivity contribution is 7.89. The van der Waals surface area contributed by atoms with Crippen LogP contribution < -0.4 is 9.64 Å². The van der Waals surface area contributed by atoms with Gasteiger partial charge in [-0.05, 0) is 55.5 Å². The number of nitrogens with zero attached hydrogens (tertiary/aromatic N) is 4. The minimum atomic E-state index is -3.62. The van der Waals surface area contributed by atoms with E-state index in [9.17, 15) is 13.2 Å². The first-order chi connectivity index (χ1) is 17.4. The summed E-state index contributed by atoms with van der Waals surface area (Å²) >= 11 is 1.39. The molecule has 10 heteroatoms. The van der Waals surface area contributed by atoms with Crippen LogP contribution in [0, 0.1) is 0 Å². The molecule has 0 radical (unpaired) electrons. The lowest BCUT2D eigenvalue weighted by Gasteiger charge is -2.21. The molecule has 0 bridgehead atoms. The lowest BCUT2D eigenvalue weighted by molar-refractivity contribution is 0.0984. The quantitative estimate of drug-likeness (QED) is 0.291. The molecular weight excluding hydrogens is 496 g/mol. The molecule has 188 valence electrons. The summed E-state index contributed by atoms with van der Waals surface area (Å²) in [5, 5.41) is 0.507. The standard InChI is InChI=1S/C26H28N4O4S2/c1-4-29(5-2)36(32,33)21-15-13-19(14-16-21)25(31)30(18-20-10-7-8-17-27-20)26-28-24-22(34-6-3)11-9-12-23(24)35-26/h7-17H,4-6,18H2,1-3H3. The van der Waals surface area contributed by atoms with E-state index in [1.165, 1.54) is 27.8 Å². The number of para-hydroxylation sites is 1. The Morgan fingerprint density at radius 3 is 2.36 bits per heavy atom. The van der Waals surface area contributed by atoms with Crippen molar-refractivity contribution >= 4 is 42.6 Å². The zero-order chi connectivity index (χ0) is 25.7. The second kappa shape index (κ2) is 11.2. The Labute approximate surface area is 215 Å². The Kier molecular flexibility index (Phi) is 7.97. The average molecular weight is 525 g/mol. The molecule has 2 aromatic heterocycles. The van der Waals surface area contributed by atoms with E-state index < -0.39 is 10.0 Å². The SMILES string of the molecule is CCOc1cccc2sc(N(Cc3ccccn3)C(=O)c3ccc(S(=O)(=O)N(CC)CC)cc3)nc12. The van der Waals surface area contributed by atoms with Crippen molar-refractivity contribution in [1.82, 2.24) is 14.3 Å². The number of amides is 1. The number of benzene rings is 2. The van der Waals surface area contributed by atoms with Crippen LogP contribution in [0.15, 0.2) is 71.8 Å². The predicted molar refractivity (Wildman–Crippen MR) is 142 cm³/mol. The van der Waals surface area contributed by atoms with Crippen LogP contribution in [0.25, 0.3) is 10.2 Å². The van der Waals surface area contributed by atoms with Gasteiger partial charge in [-0.25, -0.2) is 13.4 Å². The normalized spacial score (nSPS) is 11.7. The number of rotatable bonds is 10. The molecule has 0 fully saturated rings. The summed E-state index contributed by atoms with van der Waals surface area (Å²) in [6, 6.07) is 17.3. The van der Waals surface area contributed by atoms with Gasteiger partial charge in [0.2, 0.25) is 10.0 Å². The molecule has 4 rings (SSSR count). The van der Waals surface area contributed by atoms with E-state index >= 15 is 0 Å². The highest BCUT2D eigenvalue weighted by Crippen LogP contribution is 2.35. The predicted octanol–water partition coefficient (Wildman–Crippen LogP) is 4.97. The topological polar surface area (TPSA) is 92.7 Å². The highest BCUT2D eigenvalue weighted by Gasteiger charge is 2.25. The third-order valence-electron chi connectivity index (χ3n) is 5.64. The van der Waals surface area contributed by atoms with E-state index in [1.807, 2.05) is 43.3 Å². The van der Waals surface area contributed by atoms with E-state index in [0.717, 1.165) is 4.70 Å². The van der Waals surface area contributed by atoms with E-state index in [2.05, 4.69) is 4.98 Å². The molecule has 2 heterocycles. The maximum Gasteiger partial charge on any atom is 0.260 e. The Morgan fingerprint density at radius 2 is 1.72 bits per heavy atom. The summed E-state index contributed by atoms with van der Waals surface area (Å²) in [5.74, 6) is 0.359. The molecule has 0 aliphatic heterocycles. The third kappa shape index (κ3) is 5.25. The molecule has 0 aliphatic rings. The van der Waals surface area contributed by atoms with Gasteiger partial charge in [-0.15, -0.1) is 0 Å². The summed E-state index contributed by atoms with van der Waals surface area (Å²) in [4.78, 5) is 24.6. The molecule has 0 N–H and O–H groups in total. The molecular formula is C26H28N4O4S2. The molecule has 8 nitrogen and oxygen atoms in total. The number of ether oxygens (including phenoxy) is 1. The fourth-order valence-electron chi connectivity index (χ4n) is 3.82. The summed E-state index contributed by atoms with van der Waals surface area (Å²) in [7, 11) is -3.62. The van der Waals surface area contributed by atoms with Gasteiger partial charge in [0.25, 0.3) is 5.91 Å². The van der Waals surface area contributed by atoms with Crippen molar-refractivity contribution in [2.75, 3.05) is 24.6 Å². The van der Waals surface area contributed by atoms with E-state index in [4.69, 9.17) is 9.72 Å². The first-order valence-electron chi connectivity index (χ1n) is 11.7. The number of aromatic nitrogens is 2. The van der Waals surface area contributed by atoms with Gasteiger partial charge in [-0.1, -0.05) is 37.3 Å². The van der Waals surface area contributed by atoms with Crippen LogP contribution in [0.3, 0.4) is 0 Å². The van der Waals surface area contributed by atoms with Gasteiger partial charge in [0.15, 0.2) is 5.13 Å². The Bertz CT molecular complexity index is 1430. The highest BCUT2D eigenvalue weighted by atomic mass is 32.2. The molecule has 4 aromatic rings. The van der Waals surface area contributed by atoms with Crippen LogP contribution in [0.1, 0.15) is 36.8 Å².